The van der Waals surface area contributed by atoms with Gasteiger partial charge in [0.1, 0.15) is 5.75 Å². The molecule has 0 radical (unpaired) electrons. The fraction of sp³-hybridized carbons (Fsp3) is 0.333. The van der Waals surface area contributed by atoms with E-state index in [0.29, 0.717) is 12.5 Å². The van der Waals surface area contributed by atoms with E-state index in [-0.39, 0.29) is 24.0 Å². The third-order valence-electron chi connectivity index (χ3n) is 6.09. The Morgan fingerprint density at radius 2 is 2.06 bits per heavy atom. The van der Waals surface area contributed by atoms with Gasteiger partial charge in [0.2, 0.25) is 5.70 Å². The Bertz CT molecular complexity index is 1170. The van der Waals surface area contributed by atoms with E-state index in [9.17, 15) is 0 Å². The topological polar surface area (TPSA) is 49.8 Å². The molecule has 5 nitrogen and oxygen atoms in total. The van der Waals surface area contributed by atoms with Crippen LogP contribution in [0.1, 0.15) is 54.3 Å². The Hall–Kier alpha value is -2.48. The van der Waals surface area contributed by atoms with Gasteiger partial charge in [-0.25, -0.2) is 4.98 Å². The summed E-state index contributed by atoms with van der Waals surface area (Å²) in [5.74, 6) is 1.31. The SMILES string of the molecule is CCOc1cc(Nc2nc3c(s2)CCCC3c2ccccc2)ccc1CCN1[C+]=NC(C)=C1.[I-]. The second-order valence-corrected chi connectivity index (χ2v) is 9.57. The molecular weight excluding hydrogens is 555 g/mol. The van der Waals surface area contributed by atoms with Crippen LogP contribution in [0.5, 0.6) is 5.75 Å². The number of ether oxygens (including phenoxy) is 1. The lowest BCUT2D eigenvalue weighted by molar-refractivity contribution is -0.00000724. The van der Waals surface area contributed by atoms with Gasteiger partial charge in [0.15, 0.2) is 11.3 Å². The Labute approximate surface area is 223 Å². The third kappa shape index (κ3) is 5.59. The summed E-state index contributed by atoms with van der Waals surface area (Å²) in [6.45, 7) is 5.47. The number of rotatable bonds is 8. The van der Waals surface area contributed by atoms with Crippen molar-refractivity contribution < 1.29 is 28.7 Å². The highest BCUT2D eigenvalue weighted by atomic mass is 127. The second-order valence-electron chi connectivity index (χ2n) is 8.49. The highest BCUT2D eigenvalue weighted by Gasteiger charge is 2.26. The number of allylic oxidation sites excluding steroid dienone is 1. The molecule has 5 rings (SSSR count). The van der Waals surface area contributed by atoms with Crippen molar-refractivity contribution in [2.75, 3.05) is 18.5 Å². The van der Waals surface area contributed by atoms with Crippen molar-refractivity contribution in [3.05, 3.63) is 82.1 Å². The average Bonchev–Trinajstić information content (AvgIpc) is 3.44. The minimum atomic E-state index is 0. The van der Waals surface area contributed by atoms with Crippen LogP contribution in [0, 0.1) is 0 Å². The molecule has 1 atom stereocenters. The van der Waals surface area contributed by atoms with Gasteiger partial charge in [-0.05, 0) is 54.8 Å². The lowest BCUT2D eigenvalue weighted by atomic mass is 9.85. The molecule has 3 aromatic rings. The Morgan fingerprint density at radius 3 is 2.82 bits per heavy atom. The van der Waals surface area contributed by atoms with Gasteiger partial charge < -0.3 is 34.0 Å². The van der Waals surface area contributed by atoms with Gasteiger partial charge in [-0.2, -0.15) is 4.90 Å². The summed E-state index contributed by atoms with van der Waals surface area (Å²) >= 11 is 1.78. The maximum Gasteiger partial charge on any atom is 0.255 e. The zero-order chi connectivity index (χ0) is 22.6. The first kappa shape index (κ1) is 24.6. The minimum Gasteiger partial charge on any atom is -1.00 e. The largest absolute Gasteiger partial charge is 1.00 e. The molecule has 176 valence electrons. The maximum atomic E-state index is 5.97. The van der Waals surface area contributed by atoms with E-state index in [1.54, 1.807) is 11.3 Å². The second kappa shape index (κ2) is 11.3. The van der Waals surface area contributed by atoms with E-state index in [4.69, 9.17) is 9.72 Å². The van der Waals surface area contributed by atoms with E-state index in [1.807, 2.05) is 24.9 Å². The average molecular weight is 585 g/mol. The summed E-state index contributed by atoms with van der Waals surface area (Å²) < 4.78 is 5.97. The number of hydrogen-bond acceptors (Lipinski definition) is 6. The Balaban J connectivity index is 0.00000274. The first-order valence-electron chi connectivity index (χ1n) is 11.7. The summed E-state index contributed by atoms with van der Waals surface area (Å²) in [5.41, 5.74) is 5.79. The van der Waals surface area contributed by atoms with Crippen molar-refractivity contribution in [1.82, 2.24) is 9.88 Å². The fourth-order valence-corrected chi connectivity index (χ4v) is 5.60. The molecular formula is C27H29IN4OS. The maximum absolute atomic E-state index is 5.97. The minimum absolute atomic E-state index is 0. The van der Waals surface area contributed by atoms with Crippen LogP contribution in [0.15, 0.2) is 65.4 Å². The monoisotopic (exact) mass is 584 g/mol. The molecule has 7 heteroatoms. The summed E-state index contributed by atoms with van der Waals surface area (Å²) in [6.07, 6.45) is 9.40. The Morgan fingerprint density at radius 1 is 1.21 bits per heavy atom. The number of hydrogen-bond donors (Lipinski definition) is 1. The summed E-state index contributed by atoms with van der Waals surface area (Å²) in [5, 5.41) is 4.50. The van der Waals surface area contributed by atoms with E-state index in [2.05, 4.69) is 65.2 Å². The molecule has 34 heavy (non-hydrogen) atoms. The molecule has 0 fully saturated rings. The molecule has 2 aromatic carbocycles. The molecule has 1 aliphatic heterocycles. The van der Waals surface area contributed by atoms with Gasteiger partial charge >= 0.3 is 0 Å². The number of aliphatic imine (C=N–C) groups is 1. The standard InChI is InChI=1S/C27H29N4OS.HI/c1-3-32-24-16-22(13-12-21(24)14-15-31-17-19(2)28-18-31)29-27-30-26-23(10-7-11-25(26)33-27)20-8-5-4-6-9-20;/h4-6,8-9,12-13,16-17,23H,3,7,10-11,14-15H2,1-2H3,(H,29,30);1H/q+1;/p-1. The Kier molecular flexibility index (Phi) is 8.19. The highest BCUT2D eigenvalue weighted by molar-refractivity contribution is 7.15. The van der Waals surface area contributed by atoms with Crippen LogP contribution >= 0.6 is 11.3 Å². The number of thiazole rings is 1. The molecule has 2 heterocycles. The summed E-state index contributed by atoms with van der Waals surface area (Å²) in [4.78, 5) is 12.6. The van der Waals surface area contributed by atoms with Crippen molar-refractivity contribution in [2.45, 2.75) is 45.4 Å². The van der Waals surface area contributed by atoms with Crippen LogP contribution < -0.4 is 34.0 Å². The summed E-state index contributed by atoms with van der Waals surface area (Å²) in [6, 6.07) is 17.1. The number of aromatic nitrogens is 1. The van der Waals surface area contributed by atoms with Crippen LogP contribution in [-0.4, -0.2) is 29.4 Å². The van der Waals surface area contributed by atoms with Gasteiger partial charge in [-0.3, -0.25) is 0 Å². The summed E-state index contributed by atoms with van der Waals surface area (Å²) in [7, 11) is 0. The predicted octanol–water partition coefficient (Wildman–Crippen LogP) is 3.38. The lowest BCUT2D eigenvalue weighted by Gasteiger charge is -2.21. The van der Waals surface area contributed by atoms with E-state index in [0.717, 1.165) is 48.1 Å². The number of benzene rings is 2. The third-order valence-corrected chi connectivity index (χ3v) is 7.14. The number of fused-ring (bicyclic) bond motifs is 1. The van der Waals surface area contributed by atoms with E-state index in [1.165, 1.54) is 28.1 Å². The van der Waals surface area contributed by atoms with Crippen LogP contribution in [-0.2, 0) is 12.8 Å². The molecule has 1 unspecified atom stereocenters. The molecule has 1 aliphatic carbocycles. The molecule has 0 saturated heterocycles. The number of aryl methyl sites for hydroxylation is 1. The highest BCUT2D eigenvalue weighted by Crippen LogP contribution is 2.41. The van der Waals surface area contributed by atoms with Gasteiger partial charge in [0.05, 0.1) is 18.8 Å². The van der Waals surface area contributed by atoms with Crippen LogP contribution in [0.4, 0.5) is 10.8 Å². The first-order chi connectivity index (χ1) is 16.2. The van der Waals surface area contributed by atoms with Crippen molar-refractivity contribution in [3.63, 3.8) is 0 Å². The molecule has 2 aliphatic rings. The van der Waals surface area contributed by atoms with Crippen molar-refractivity contribution in [3.8, 4) is 5.75 Å². The molecule has 0 saturated carbocycles. The quantitative estimate of drug-likeness (QED) is 0.326. The normalized spacial score (nSPS) is 16.4. The predicted molar refractivity (Wildman–Crippen MR) is 136 cm³/mol. The molecule has 1 N–H and O–H groups in total. The van der Waals surface area contributed by atoms with E-state index >= 15 is 0 Å². The van der Waals surface area contributed by atoms with E-state index < -0.39 is 0 Å². The van der Waals surface area contributed by atoms with Crippen molar-refractivity contribution in [2.24, 2.45) is 4.99 Å². The fourth-order valence-electron chi connectivity index (χ4n) is 4.52. The zero-order valence-corrected chi connectivity index (χ0v) is 22.5. The number of nitrogens with zero attached hydrogens (tertiary/aromatic N) is 3. The molecule has 1 aromatic heterocycles. The van der Waals surface area contributed by atoms with Gasteiger partial charge in [-0.15, -0.1) is 11.3 Å². The van der Waals surface area contributed by atoms with Crippen LogP contribution in [0.3, 0.4) is 0 Å². The number of anilines is 2. The lowest BCUT2D eigenvalue weighted by Crippen LogP contribution is -3.00. The number of halogens is 1. The molecule has 0 spiro atoms. The first-order valence-corrected chi connectivity index (χ1v) is 12.5. The van der Waals surface area contributed by atoms with Crippen molar-refractivity contribution >= 4 is 28.5 Å². The smallest absolute Gasteiger partial charge is 0.255 e. The number of nitrogens with one attached hydrogen (secondary N) is 1. The van der Waals surface area contributed by atoms with Crippen LogP contribution in [0.2, 0.25) is 0 Å². The molecule has 0 bridgehead atoms. The van der Waals surface area contributed by atoms with Crippen molar-refractivity contribution in [1.29, 1.82) is 0 Å². The van der Waals surface area contributed by atoms with Crippen LogP contribution in [0.25, 0.3) is 0 Å². The molecule has 0 amide bonds. The zero-order valence-electron chi connectivity index (χ0n) is 19.6. The van der Waals surface area contributed by atoms with Gasteiger partial charge in [0.25, 0.3) is 6.34 Å². The van der Waals surface area contributed by atoms with Gasteiger partial charge in [0, 0.05) is 29.5 Å². The van der Waals surface area contributed by atoms with Gasteiger partial charge in [-0.1, -0.05) is 36.4 Å².